The number of phosphoric ester groups is 1. The minimum Gasteiger partial charge on any atom is -0.504 e. The van der Waals surface area contributed by atoms with Crippen LogP contribution in [-0.2, 0) is 27.4 Å². The van der Waals surface area contributed by atoms with Gasteiger partial charge in [0, 0.05) is 11.8 Å². The van der Waals surface area contributed by atoms with Crippen molar-refractivity contribution >= 4 is 38.6 Å². The second-order valence-corrected chi connectivity index (χ2v) is 9.85. The predicted molar refractivity (Wildman–Crippen MR) is 107 cm³/mol. The Morgan fingerprint density at radius 3 is 2.66 bits per heavy atom. The van der Waals surface area contributed by atoms with Crippen LogP contribution < -0.4 is 5.73 Å². The number of methoxy groups -OCH3 is 1. The van der Waals surface area contributed by atoms with Gasteiger partial charge in [0.1, 0.15) is 35.6 Å². The molecule has 15 nitrogen and oxygen atoms in total. The number of nitrogen functional groups attached to an aromatic ring is 1. The molecule has 3 rings (SSSR count). The fourth-order valence-corrected chi connectivity index (χ4v) is 4.89. The molecule has 0 spiro atoms. The lowest BCUT2D eigenvalue weighted by molar-refractivity contribution is -0.0947. The Kier molecular flexibility index (Phi) is 6.80. The molecule has 178 valence electrons. The number of hydrogen-bond donors (Lipinski definition) is 6. The Morgan fingerprint density at radius 2 is 2.03 bits per heavy atom. The van der Waals surface area contributed by atoms with Gasteiger partial charge in [-0.1, -0.05) is 0 Å². The lowest BCUT2D eigenvalue weighted by Crippen LogP contribution is -2.44. The van der Waals surface area contributed by atoms with Gasteiger partial charge in [0.05, 0.1) is 25.4 Å². The van der Waals surface area contributed by atoms with Crippen molar-refractivity contribution in [2.75, 3.05) is 19.5 Å². The zero-order valence-corrected chi connectivity index (χ0v) is 18.5. The van der Waals surface area contributed by atoms with Crippen LogP contribution in [0.3, 0.4) is 0 Å². The highest BCUT2D eigenvalue weighted by Gasteiger charge is 2.54. The summed E-state index contributed by atoms with van der Waals surface area (Å²) < 4.78 is 42.6. The third kappa shape index (κ3) is 5.02. The monoisotopic (exact) mass is 496 g/mol. The van der Waals surface area contributed by atoms with Crippen molar-refractivity contribution in [3.05, 3.63) is 24.3 Å². The first-order valence-electron chi connectivity index (χ1n) is 8.87. The molecule has 32 heavy (non-hydrogen) atoms. The van der Waals surface area contributed by atoms with Gasteiger partial charge in [-0.3, -0.25) is 4.52 Å². The van der Waals surface area contributed by atoms with E-state index in [2.05, 4.69) is 18.8 Å². The van der Waals surface area contributed by atoms with Crippen molar-refractivity contribution in [2.24, 2.45) is 0 Å². The summed E-state index contributed by atoms with van der Waals surface area (Å²) in [5, 5.41) is 21.9. The summed E-state index contributed by atoms with van der Waals surface area (Å²) in [6.45, 7) is 0.419. The van der Waals surface area contributed by atoms with Crippen LogP contribution in [0.15, 0.2) is 18.8 Å². The van der Waals surface area contributed by atoms with E-state index in [1.807, 2.05) is 0 Å². The molecule has 0 radical (unpaired) electrons. The molecular weight excluding hydrogens is 474 g/mol. The summed E-state index contributed by atoms with van der Waals surface area (Å²) in [7, 11) is -9.07. The van der Waals surface area contributed by atoms with Gasteiger partial charge >= 0.3 is 15.6 Å². The number of aliphatic hydroxyl groups excluding tert-OH is 1. The van der Waals surface area contributed by atoms with Gasteiger partial charge in [0.15, 0.2) is 6.23 Å². The maximum absolute atomic E-state index is 11.7. The van der Waals surface area contributed by atoms with Crippen LogP contribution in [0, 0.1) is 0 Å². The summed E-state index contributed by atoms with van der Waals surface area (Å²) in [5.41, 5.74) is 4.78. The zero-order chi connectivity index (χ0) is 23.9. The second-order valence-electron chi connectivity index (χ2n) is 7.02. The average molecular weight is 496 g/mol. The Hall–Kier alpha value is -1.90. The van der Waals surface area contributed by atoms with Crippen molar-refractivity contribution in [1.82, 2.24) is 14.5 Å². The SMILES string of the molecule is CO/C=C\c1cn([C@@H]2O[C@H](COP(=O)(O)OP(=O)(O)O)[C@@H](O)[C@@]2(C)O)c2ncnc(N)c12. The number of nitrogens with zero attached hydrogens (tertiary/aromatic N) is 3. The lowest BCUT2D eigenvalue weighted by Gasteiger charge is -2.27. The van der Waals surface area contributed by atoms with E-state index >= 15 is 0 Å². The maximum atomic E-state index is 11.7. The van der Waals surface area contributed by atoms with E-state index in [9.17, 15) is 24.2 Å². The first-order chi connectivity index (χ1) is 14.8. The number of fused-ring (bicyclic) bond motifs is 1. The van der Waals surface area contributed by atoms with E-state index in [1.54, 1.807) is 6.08 Å². The Labute approximate surface area is 180 Å². The molecule has 7 N–H and O–H groups in total. The number of rotatable bonds is 8. The molecule has 5 atom stereocenters. The molecule has 0 saturated carbocycles. The fourth-order valence-electron chi connectivity index (χ4n) is 3.29. The van der Waals surface area contributed by atoms with Gasteiger partial charge in [0.2, 0.25) is 0 Å². The van der Waals surface area contributed by atoms with Crippen LogP contribution in [0.4, 0.5) is 5.82 Å². The lowest BCUT2D eigenvalue weighted by atomic mass is 9.96. The second kappa shape index (κ2) is 8.80. The highest BCUT2D eigenvalue weighted by Crippen LogP contribution is 2.58. The molecule has 1 aliphatic rings. The maximum Gasteiger partial charge on any atom is 0.481 e. The molecule has 0 bridgehead atoms. The molecule has 17 heteroatoms. The van der Waals surface area contributed by atoms with E-state index in [4.69, 9.17) is 25.0 Å². The molecule has 1 aliphatic heterocycles. The van der Waals surface area contributed by atoms with Gasteiger partial charge < -0.3 is 44.7 Å². The molecule has 0 amide bonds. The van der Waals surface area contributed by atoms with Crippen LogP contribution in [0.5, 0.6) is 0 Å². The third-order valence-corrected chi connectivity index (χ3v) is 6.82. The minimum absolute atomic E-state index is 0.137. The number of ether oxygens (including phenoxy) is 2. The number of aliphatic hydroxyl groups is 2. The predicted octanol–water partition coefficient (Wildman–Crippen LogP) is -0.134. The van der Waals surface area contributed by atoms with E-state index in [-0.39, 0.29) is 11.5 Å². The quantitative estimate of drug-likeness (QED) is 0.207. The molecule has 1 unspecified atom stereocenters. The Bertz CT molecular complexity index is 1110. The van der Waals surface area contributed by atoms with Crippen LogP contribution >= 0.6 is 15.6 Å². The summed E-state index contributed by atoms with van der Waals surface area (Å²) >= 11 is 0. The number of anilines is 1. The van der Waals surface area contributed by atoms with Crippen LogP contribution in [0.1, 0.15) is 18.7 Å². The summed E-state index contributed by atoms with van der Waals surface area (Å²) in [5.74, 6) is 0.137. The summed E-state index contributed by atoms with van der Waals surface area (Å²) in [6, 6.07) is 0. The molecular formula is C15H22N4O11P2. The Morgan fingerprint density at radius 1 is 1.34 bits per heavy atom. The molecule has 1 saturated heterocycles. The van der Waals surface area contributed by atoms with Crippen molar-refractivity contribution in [1.29, 1.82) is 0 Å². The molecule has 2 aromatic rings. The van der Waals surface area contributed by atoms with Gasteiger partial charge in [-0.2, -0.15) is 4.31 Å². The number of hydrogen-bond acceptors (Lipinski definition) is 11. The molecule has 2 aromatic heterocycles. The first kappa shape index (κ1) is 24.7. The molecule has 0 aliphatic carbocycles. The van der Waals surface area contributed by atoms with Gasteiger partial charge in [0.25, 0.3) is 0 Å². The van der Waals surface area contributed by atoms with Crippen molar-refractivity contribution in [3.63, 3.8) is 0 Å². The molecule has 1 fully saturated rings. The Balaban J connectivity index is 1.92. The van der Waals surface area contributed by atoms with Crippen molar-refractivity contribution < 1.29 is 52.3 Å². The highest BCUT2D eigenvalue weighted by molar-refractivity contribution is 7.60. The van der Waals surface area contributed by atoms with Crippen molar-refractivity contribution in [3.8, 4) is 0 Å². The summed E-state index contributed by atoms with van der Waals surface area (Å²) in [4.78, 5) is 34.9. The zero-order valence-electron chi connectivity index (χ0n) is 16.7. The van der Waals surface area contributed by atoms with E-state index in [0.717, 1.165) is 0 Å². The topological polar surface area (TPSA) is 229 Å². The first-order valence-corrected chi connectivity index (χ1v) is 11.9. The molecule has 3 heterocycles. The van der Waals surface area contributed by atoms with Crippen LogP contribution in [0.25, 0.3) is 17.1 Å². The highest BCUT2D eigenvalue weighted by atomic mass is 31.3. The number of nitrogens with two attached hydrogens (primary N) is 1. The number of phosphoric acid groups is 2. The average Bonchev–Trinajstić information content (AvgIpc) is 3.13. The molecule has 0 aromatic carbocycles. The van der Waals surface area contributed by atoms with Gasteiger partial charge in [-0.25, -0.2) is 19.1 Å². The standard InChI is InChI=1S/C15H22N4O11P2/c1-15(21)11(20)9(6-28-32(25,26)30-31(22,23)24)29-14(15)19-5-8(3-4-27-2)10-12(16)17-7-18-13(10)19/h3-5,7,9,11,14,20-21H,6H2,1-2H3,(H,25,26)(H2,16,17,18)(H2,22,23,24)/b4-3-/t9-,11-,14-,15-/m1/s1. The van der Waals surface area contributed by atoms with E-state index < -0.39 is 46.3 Å². The minimum atomic E-state index is -5.33. The van der Waals surface area contributed by atoms with E-state index in [0.29, 0.717) is 10.9 Å². The van der Waals surface area contributed by atoms with Crippen LogP contribution in [-0.4, -0.2) is 71.0 Å². The smallest absolute Gasteiger partial charge is 0.481 e. The van der Waals surface area contributed by atoms with E-state index in [1.165, 1.54) is 37.4 Å². The van der Waals surface area contributed by atoms with Crippen molar-refractivity contribution in [2.45, 2.75) is 31.0 Å². The van der Waals surface area contributed by atoms with Gasteiger partial charge in [-0.05, 0) is 13.0 Å². The van der Waals surface area contributed by atoms with Gasteiger partial charge in [-0.15, -0.1) is 0 Å². The van der Waals surface area contributed by atoms with Crippen LogP contribution in [0.2, 0.25) is 0 Å². The largest absolute Gasteiger partial charge is 0.504 e. The summed E-state index contributed by atoms with van der Waals surface area (Å²) in [6.07, 6.45) is 1.37. The number of aromatic nitrogens is 3. The fraction of sp³-hybridized carbons (Fsp3) is 0.467. The normalized spacial score (nSPS) is 28.4. The third-order valence-electron chi connectivity index (χ3n) is 4.67.